The predicted octanol–water partition coefficient (Wildman–Crippen LogP) is 1.86. The largest absolute Gasteiger partial charge is 0.357 e. The average Bonchev–Trinajstić information content (AvgIpc) is 3.31. The summed E-state index contributed by atoms with van der Waals surface area (Å²) in [5.41, 5.74) is 1.78. The molecule has 160 valence electrons. The quantitative estimate of drug-likeness (QED) is 0.250. The number of rotatable bonds is 8. The Kier molecular flexibility index (Phi) is 6.21. The summed E-state index contributed by atoms with van der Waals surface area (Å²) in [5.74, 6) is 1.04. The number of benzene rings is 1. The number of amides is 2. The second-order valence-corrected chi connectivity index (χ2v) is 7.18. The number of unbranched alkanes of at least 4 members (excludes halogenated alkanes) is 1. The van der Waals surface area contributed by atoms with E-state index in [1.165, 1.54) is 4.90 Å². The Balaban J connectivity index is 1.26. The molecule has 0 unspecified atom stereocenters. The van der Waals surface area contributed by atoms with E-state index >= 15 is 0 Å². The molecule has 2 aromatic heterocycles. The van der Waals surface area contributed by atoms with E-state index in [-0.39, 0.29) is 11.8 Å². The first kappa shape index (κ1) is 20.5. The van der Waals surface area contributed by atoms with Crippen LogP contribution in [0.2, 0.25) is 0 Å². The lowest BCUT2D eigenvalue weighted by molar-refractivity contribution is 0.0652. The molecular formula is C22H25N7O2. The van der Waals surface area contributed by atoms with Crippen LogP contribution in [0.4, 0.5) is 0 Å². The number of aliphatic imine (C=N–C) groups is 1. The average molecular weight is 419 g/mol. The van der Waals surface area contributed by atoms with Crippen molar-refractivity contribution in [3.05, 3.63) is 65.6 Å². The molecule has 0 atom stereocenters. The van der Waals surface area contributed by atoms with Crippen molar-refractivity contribution < 1.29 is 9.59 Å². The highest BCUT2D eigenvalue weighted by atomic mass is 16.2. The molecule has 2 N–H and O–H groups in total. The van der Waals surface area contributed by atoms with Gasteiger partial charge in [-0.1, -0.05) is 18.2 Å². The zero-order valence-electron chi connectivity index (χ0n) is 17.4. The molecule has 31 heavy (non-hydrogen) atoms. The van der Waals surface area contributed by atoms with Crippen LogP contribution in [0, 0.1) is 0 Å². The normalized spacial score (nSPS) is 13.7. The molecule has 1 aromatic carbocycles. The standard InChI is InChI=1S/C22H25N7O2/c1-2-23-22(25-15-19-27-26-18-11-5-7-13-28(18)19)24-12-6-8-14-29-20(30)16-9-3-4-10-17(16)21(29)31/h3-5,7,9-11,13H,2,6,8,12,14-15H2,1H3,(H2,23,24,25). The van der Waals surface area contributed by atoms with Crippen molar-refractivity contribution in [2.24, 2.45) is 4.99 Å². The third kappa shape index (κ3) is 4.40. The first-order valence-corrected chi connectivity index (χ1v) is 10.4. The van der Waals surface area contributed by atoms with E-state index < -0.39 is 0 Å². The lowest BCUT2D eigenvalue weighted by Gasteiger charge is -2.14. The number of nitrogens with one attached hydrogen (secondary N) is 2. The molecule has 9 heteroatoms. The highest BCUT2D eigenvalue weighted by Gasteiger charge is 2.34. The maximum Gasteiger partial charge on any atom is 0.261 e. The van der Waals surface area contributed by atoms with Crippen LogP contribution in [-0.4, -0.2) is 56.9 Å². The minimum Gasteiger partial charge on any atom is -0.357 e. The number of guanidine groups is 1. The first-order chi connectivity index (χ1) is 15.2. The Morgan fingerprint density at radius 3 is 2.45 bits per heavy atom. The molecule has 0 bridgehead atoms. The molecule has 0 saturated carbocycles. The zero-order chi connectivity index (χ0) is 21.6. The Hall–Kier alpha value is -3.75. The van der Waals surface area contributed by atoms with Gasteiger partial charge in [0.05, 0.1) is 11.1 Å². The molecule has 0 fully saturated rings. The Bertz CT molecular complexity index is 1090. The van der Waals surface area contributed by atoms with Crippen molar-refractivity contribution in [1.82, 2.24) is 30.1 Å². The van der Waals surface area contributed by atoms with Crippen LogP contribution in [0.1, 0.15) is 46.3 Å². The van der Waals surface area contributed by atoms with E-state index in [2.05, 4.69) is 25.8 Å². The van der Waals surface area contributed by atoms with Gasteiger partial charge in [-0.2, -0.15) is 0 Å². The Morgan fingerprint density at radius 2 is 1.71 bits per heavy atom. The highest BCUT2D eigenvalue weighted by molar-refractivity contribution is 6.21. The third-order valence-corrected chi connectivity index (χ3v) is 5.09. The van der Waals surface area contributed by atoms with Crippen LogP contribution >= 0.6 is 0 Å². The summed E-state index contributed by atoms with van der Waals surface area (Å²) in [7, 11) is 0. The van der Waals surface area contributed by atoms with Gasteiger partial charge in [-0.25, -0.2) is 4.99 Å². The summed E-state index contributed by atoms with van der Waals surface area (Å²) in [5, 5.41) is 14.8. The van der Waals surface area contributed by atoms with Gasteiger partial charge >= 0.3 is 0 Å². The molecule has 3 heterocycles. The Morgan fingerprint density at radius 1 is 0.968 bits per heavy atom. The minimum atomic E-state index is -0.205. The fourth-order valence-corrected chi connectivity index (χ4v) is 3.53. The highest BCUT2D eigenvalue weighted by Crippen LogP contribution is 2.22. The van der Waals surface area contributed by atoms with Gasteiger partial charge in [0.2, 0.25) is 0 Å². The fourth-order valence-electron chi connectivity index (χ4n) is 3.53. The summed E-state index contributed by atoms with van der Waals surface area (Å²) >= 11 is 0. The number of carbonyl (C=O) groups is 2. The molecule has 0 spiro atoms. The van der Waals surface area contributed by atoms with Crippen LogP contribution < -0.4 is 10.6 Å². The smallest absolute Gasteiger partial charge is 0.261 e. The second kappa shape index (κ2) is 9.38. The van der Waals surface area contributed by atoms with E-state index in [4.69, 9.17) is 0 Å². The maximum atomic E-state index is 12.4. The van der Waals surface area contributed by atoms with Crippen molar-refractivity contribution >= 4 is 23.4 Å². The molecule has 0 aliphatic carbocycles. The molecule has 2 amide bonds. The maximum absolute atomic E-state index is 12.4. The summed E-state index contributed by atoms with van der Waals surface area (Å²) in [6.45, 7) is 4.23. The number of hydrogen-bond acceptors (Lipinski definition) is 5. The molecule has 4 rings (SSSR count). The van der Waals surface area contributed by atoms with Crippen LogP contribution in [0.15, 0.2) is 53.7 Å². The number of imide groups is 1. The van der Waals surface area contributed by atoms with Crippen molar-refractivity contribution in [3.8, 4) is 0 Å². The van der Waals surface area contributed by atoms with E-state index in [1.807, 2.05) is 35.7 Å². The van der Waals surface area contributed by atoms with Gasteiger partial charge in [-0.3, -0.25) is 18.9 Å². The number of aromatic nitrogens is 3. The zero-order valence-corrected chi connectivity index (χ0v) is 17.4. The van der Waals surface area contributed by atoms with Gasteiger partial charge in [0.25, 0.3) is 11.8 Å². The van der Waals surface area contributed by atoms with Gasteiger partial charge in [-0.15, -0.1) is 10.2 Å². The van der Waals surface area contributed by atoms with Gasteiger partial charge in [-0.05, 0) is 44.0 Å². The molecule has 1 aliphatic heterocycles. The van der Waals surface area contributed by atoms with E-state index in [0.29, 0.717) is 43.1 Å². The lowest BCUT2D eigenvalue weighted by Crippen LogP contribution is -2.38. The molecule has 0 saturated heterocycles. The van der Waals surface area contributed by atoms with Crippen molar-refractivity contribution in [1.29, 1.82) is 0 Å². The Labute approximate surface area is 180 Å². The second-order valence-electron chi connectivity index (χ2n) is 7.18. The summed E-state index contributed by atoms with van der Waals surface area (Å²) in [4.78, 5) is 30.7. The summed E-state index contributed by atoms with van der Waals surface area (Å²) < 4.78 is 1.91. The van der Waals surface area contributed by atoms with Crippen LogP contribution in [0.5, 0.6) is 0 Å². The topological polar surface area (TPSA) is 104 Å². The lowest BCUT2D eigenvalue weighted by atomic mass is 10.1. The molecule has 9 nitrogen and oxygen atoms in total. The molecule has 1 aliphatic rings. The van der Waals surface area contributed by atoms with Crippen molar-refractivity contribution in [2.75, 3.05) is 19.6 Å². The van der Waals surface area contributed by atoms with Gasteiger partial charge in [0.15, 0.2) is 17.4 Å². The van der Waals surface area contributed by atoms with Gasteiger partial charge in [0, 0.05) is 25.8 Å². The molecular weight excluding hydrogens is 394 g/mol. The fraction of sp³-hybridized carbons (Fsp3) is 0.318. The van der Waals surface area contributed by atoms with E-state index in [9.17, 15) is 9.59 Å². The third-order valence-electron chi connectivity index (χ3n) is 5.09. The van der Waals surface area contributed by atoms with Gasteiger partial charge in [0.1, 0.15) is 6.54 Å². The summed E-state index contributed by atoms with van der Waals surface area (Å²) in [6, 6.07) is 12.7. The number of nitrogens with zero attached hydrogens (tertiary/aromatic N) is 5. The first-order valence-electron chi connectivity index (χ1n) is 10.4. The number of hydrogen-bond donors (Lipinski definition) is 2. The van der Waals surface area contributed by atoms with Crippen LogP contribution in [0.3, 0.4) is 0 Å². The van der Waals surface area contributed by atoms with Crippen LogP contribution in [-0.2, 0) is 6.54 Å². The van der Waals surface area contributed by atoms with Crippen molar-refractivity contribution in [3.63, 3.8) is 0 Å². The number of pyridine rings is 1. The molecule has 0 radical (unpaired) electrons. The predicted molar refractivity (Wildman–Crippen MR) is 117 cm³/mol. The van der Waals surface area contributed by atoms with E-state index in [1.54, 1.807) is 24.3 Å². The number of carbonyl (C=O) groups excluding carboxylic acids is 2. The SMILES string of the molecule is CCNC(=NCc1nnc2ccccn12)NCCCCN1C(=O)c2ccccc2C1=O. The van der Waals surface area contributed by atoms with E-state index in [0.717, 1.165) is 24.4 Å². The van der Waals surface area contributed by atoms with Crippen molar-refractivity contribution in [2.45, 2.75) is 26.3 Å². The number of fused-ring (bicyclic) bond motifs is 2. The monoisotopic (exact) mass is 419 g/mol. The molecule has 3 aromatic rings. The summed E-state index contributed by atoms with van der Waals surface area (Å²) in [6.07, 6.45) is 3.43. The minimum absolute atomic E-state index is 0.205. The van der Waals surface area contributed by atoms with Crippen LogP contribution in [0.25, 0.3) is 5.65 Å². The van der Waals surface area contributed by atoms with Gasteiger partial charge < -0.3 is 10.6 Å².